The molecular formula is C29H40N2O4S. The summed E-state index contributed by atoms with van der Waals surface area (Å²) < 4.78 is 24.0. The molecule has 1 aliphatic heterocycles. The number of benzene rings is 2. The van der Waals surface area contributed by atoms with Gasteiger partial charge in [-0.05, 0) is 85.4 Å². The largest absolute Gasteiger partial charge is 0.390 e. The van der Waals surface area contributed by atoms with E-state index >= 15 is 0 Å². The average molecular weight is 513 g/mol. The second-order valence-electron chi connectivity index (χ2n) is 11.2. The molecule has 6 nitrogen and oxygen atoms in total. The number of rotatable bonds is 8. The Balaban J connectivity index is 1.40. The monoisotopic (exact) mass is 512 g/mol. The van der Waals surface area contributed by atoms with Crippen molar-refractivity contribution >= 4 is 15.7 Å². The molecule has 0 spiro atoms. The highest BCUT2D eigenvalue weighted by Crippen LogP contribution is 2.41. The number of nitrogens with zero attached hydrogens (tertiary/aromatic N) is 1. The van der Waals surface area contributed by atoms with Crippen LogP contribution in [0.3, 0.4) is 0 Å². The van der Waals surface area contributed by atoms with E-state index < -0.39 is 15.4 Å². The zero-order valence-electron chi connectivity index (χ0n) is 22.0. The Morgan fingerprint density at radius 3 is 2.42 bits per heavy atom. The Hall–Kier alpha value is -2.22. The molecule has 0 saturated heterocycles. The van der Waals surface area contributed by atoms with Crippen LogP contribution < -0.4 is 5.32 Å². The molecule has 2 aliphatic rings. The second-order valence-corrected chi connectivity index (χ2v) is 13.5. The molecule has 36 heavy (non-hydrogen) atoms. The van der Waals surface area contributed by atoms with Gasteiger partial charge in [-0.3, -0.25) is 9.69 Å². The second kappa shape index (κ2) is 10.6. The maximum atomic E-state index is 12.9. The first-order chi connectivity index (χ1) is 17.0. The lowest BCUT2D eigenvalue weighted by Gasteiger charge is -2.37. The molecule has 1 amide bonds. The van der Waals surface area contributed by atoms with Crippen LogP contribution in [0.25, 0.3) is 0 Å². The Kier molecular flexibility index (Phi) is 7.93. The van der Waals surface area contributed by atoms with Gasteiger partial charge in [0.15, 0.2) is 9.84 Å². The maximum absolute atomic E-state index is 12.9. The van der Waals surface area contributed by atoms with Crippen molar-refractivity contribution in [2.45, 2.75) is 83.0 Å². The number of fused-ring (bicyclic) bond motifs is 1. The summed E-state index contributed by atoms with van der Waals surface area (Å²) in [7, 11) is -3.23. The molecule has 4 rings (SSSR count). The summed E-state index contributed by atoms with van der Waals surface area (Å²) in [6.45, 7) is 10.3. The van der Waals surface area contributed by atoms with Crippen LogP contribution >= 0.6 is 0 Å². The van der Waals surface area contributed by atoms with Gasteiger partial charge < -0.3 is 10.4 Å². The zero-order valence-corrected chi connectivity index (χ0v) is 22.8. The van der Waals surface area contributed by atoms with Crippen LogP contribution in [0.15, 0.2) is 47.4 Å². The van der Waals surface area contributed by atoms with Gasteiger partial charge in [0.05, 0.1) is 16.2 Å². The number of aliphatic hydroxyl groups is 1. The molecule has 0 radical (unpaired) electrons. The highest BCUT2D eigenvalue weighted by atomic mass is 32.2. The van der Waals surface area contributed by atoms with E-state index in [0.717, 1.165) is 44.3 Å². The Labute approximate surface area is 216 Å². The highest BCUT2D eigenvalue weighted by Gasteiger charge is 2.36. The number of hydrogen-bond acceptors (Lipinski definition) is 5. The van der Waals surface area contributed by atoms with Crippen molar-refractivity contribution in [1.29, 1.82) is 0 Å². The van der Waals surface area contributed by atoms with Crippen LogP contribution in [0.1, 0.15) is 86.5 Å². The van der Waals surface area contributed by atoms with Crippen LogP contribution in [0.2, 0.25) is 0 Å². The number of carbonyl (C=O) groups is 1. The fraction of sp³-hybridized carbons (Fsp3) is 0.552. The number of hydrogen-bond donors (Lipinski definition) is 2. The first-order valence-electron chi connectivity index (χ1n) is 13.2. The normalized spacial score (nSPS) is 24.6. The molecular weight excluding hydrogens is 472 g/mol. The summed E-state index contributed by atoms with van der Waals surface area (Å²) in [6, 6.07) is 13.1. The Morgan fingerprint density at radius 1 is 1.14 bits per heavy atom. The SMILES string of the molecule is CCS(=O)(=O)c1ccc(CNC(=O)c2ccc3c(c2)CN(CC2CCC(C)(O)CC2)C3C(C)C)cc1. The minimum absolute atomic E-state index is 0.0687. The topological polar surface area (TPSA) is 86.7 Å². The van der Waals surface area contributed by atoms with Crippen molar-refractivity contribution < 1.29 is 18.3 Å². The molecule has 2 aromatic carbocycles. The van der Waals surface area contributed by atoms with Crippen LogP contribution in [0.4, 0.5) is 0 Å². The molecule has 1 aliphatic carbocycles. The fourth-order valence-electron chi connectivity index (χ4n) is 5.72. The predicted octanol–water partition coefficient (Wildman–Crippen LogP) is 4.86. The summed E-state index contributed by atoms with van der Waals surface area (Å²) in [6.07, 6.45) is 3.85. The lowest BCUT2D eigenvalue weighted by atomic mass is 9.79. The summed E-state index contributed by atoms with van der Waals surface area (Å²) in [5.74, 6) is 1.01. The summed E-state index contributed by atoms with van der Waals surface area (Å²) in [4.78, 5) is 15.8. The van der Waals surface area contributed by atoms with Gasteiger partial charge in [-0.2, -0.15) is 0 Å². The lowest BCUT2D eigenvalue weighted by Crippen LogP contribution is -2.36. The highest BCUT2D eigenvalue weighted by molar-refractivity contribution is 7.91. The van der Waals surface area contributed by atoms with Gasteiger partial charge in [-0.25, -0.2) is 8.42 Å². The summed E-state index contributed by atoms with van der Waals surface area (Å²) in [5.41, 5.74) is 3.53. The van der Waals surface area contributed by atoms with E-state index in [-0.39, 0.29) is 11.7 Å². The quantitative estimate of drug-likeness (QED) is 0.527. The van der Waals surface area contributed by atoms with Crippen molar-refractivity contribution in [3.63, 3.8) is 0 Å². The van der Waals surface area contributed by atoms with E-state index in [4.69, 9.17) is 0 Å². The number of amides is 1. The number of sulfone groups is 1. The van der Waals surface area contributed by atoms with E-state index in [9.17, 15) is 18.3 Å². The van der Waals surface area contributed by atoms with Crippen molar-refractivity contribution in [3.05, 3.63) is 64.7 Å². The maximum Gasteiger partial charge on any atom is 0.251 e. The van der Waals surface area contributed by atoms with Gasteiger partial charge in [0, 0.05) is 31.2 Å². The van der Waals surface area contributed by atoms with Crippen LogP contribution in [-0.4, -0.2) is 42.2 Å². The molecule has 1 fully saturated rings. The first kappa shape index (κ1) is 26.8. The number of carbonyl (C=O) groups excluding carboxylic acids is 1. The molecule has 0 bridgehead atoms. The summed E-state index contributed by atoms with van der Waals surface area (Å²) in [5, 5.41) is 13.3. The molecule has 196 valence electrons. The minimum atomic E-state index is -3.23. The Bertz CT molecular complexity index is 1180. The van der Waals surface area contributed by atoms with Gasteiger partial charge in [0.1, 0.15) is 0 Å². The smallest absolute Gasteiger partial charge is 0.251 e. The standard InChI is InChI=1S/C29H40N2O4S/c1-5-36(34,35)25-9-6-21(7-10-25)17-30-28(32)23-8-11-26-24(16-23)19-31(27(26)20(2)3)18-22-12-14-29(4,33)15-13-22/h6-11,16,20,22,27,33H,5,12-15,17-19H2,1-4H3,(H,30,32). The van der Waals surface area contributed by atoms with E-state index in [1.807, 2.05) is 19.1 Å². The Morgan fingerprint density at radius 2 is 1.81 bits per heavy atom. The molecule has 1 atom stereocenters. The third-order valence-corrected chi connectivity index (χ3v) is 9.66. The van der Waals surface area contributed by atoms with E-state index in [1.165, 1.54) is 11.1 Å². The van der Waals surface area contributed by atoms with Gasteiger partial charge >= 0.3 is 0 Å². The van der Waals surface area contributed by atoms with E-state index in [1.54, 1.807) is 31.2 Å². The van der Waals surface area contributed by atoms with Crippen LogP contribution in [-0.2, 0) is 22.9 Å². The first-order valence-corrected chi connectivity index (χ1v) is 14.8. The number of nitrogens with one attached hydrogen (secondary N) is 1. The molecule has 1 saturated carbocycles. The molecule has 0 aromatic heterocycles. The van der Waals surface area contributed by atoms with Crippen molar-refractivity contribution in [1.82, 2.24) is 10.2 Å². The van der Waals surface area contributed by atoms with Gasteiger partial charge in [0.25, 0.3) is 5.91 Å². The summed E-state index contributed by atoms with van der Waals surface area (Å²) >= 11 is 0. The molecule has 1 unspecified atom stereocenters. The molecule has 7 heteroatoms. The predicted molar refractivity (Wildman–Crippen MR) is 142 cm³/mol. The zero-order chi connectivity index (χ0) is 26.1. The minimum Gasteiger partial charge on any atom is -0.390 e. The third kappa shape index (κ3) is 6.01. The van der Waals surface area contributed by atoms with Crippen LogP contribution in [0, 0.1) is 11.8 Å². The molecule has 1 heterocycles. The van der Waals surface area contributed by atoms with Gasteiger partial charge in [-0.15, -0.1) is 0 Å². The fourth-order valence-corrected chi connectivity index (χ4v) is 6.61. The van der Waals surface area contributed by atoms with Gasteiger partial charge in [0.2, 0.25) is 0 Å². The van der Waals surface area contributed by atoms with E-state index in [0.29, 0.717) is 34.9 Å². The molecule has 2 aromatic rings. The van der Waals surface area contributed by atoms with Crippen molar-refractivity contribution in [2.24, 2.45) is 11.8 Å². The third-order valence-electron chi connectivity index (χ3n) is 7.91. The lowest BCUT2D eigenvalue weighted by molar-refractivity contribution is -0.000666. The van der Waals surface area contributed by atoms with Gasteiger partial charge in [-0.1, -0.05) is 39.0 Å². The van der Waals surface area contributed by atoms with Crippen LogP contribution in [0.5, 0.6) is 0 Å². The van der Waals surface area contributed by atoms with Crippen molar-refractivity contribution in [3.8, 4) is 0 Å². The van der Waals surface area contributed by atoms with Crippen molar-refractivity contribution in [2.75, 3.05) is 12.3 Å². The molecule has 2 N–H and O–H groups in total. The average Bonchev–Trinajstić information content (AvgIpc) is 3.21. The van der Waals surface area contributed by atoms with E-state index in [2.05, 4.69) is 30.1 Å².